The highest BCUT2D eigenvalue weighted by Crippen LogP contribution is 2.34. The van der Waals surface area contributed by atoms with Crippen LogP contribution in [0, 0.1) is 5.92 Å². The van der Waals surface area contributed by atoms with Crippen LogP contribution in [0.1, 0.15) is 57.8 Å². The third kappa shape index (κ3) is 2.85. The number of hydrogen-bond acceptors (Lipinski definition) is 3. The minimum atomic E-state index is -0.0922. The van der Waals surface area contributed by atoms with E-state index in [1.807, 2.05) is 4.90 Å². The highest BCUT2D eigenvalue weighted by molar-refractivity contribution is 5.89. The molecular formula is C19H31N3O2. The monoisotopic (exact) mass is 333 g/mol. The first-order valence-electron chi connectivity index (χ1n) is 9.95. The molecule has 3 heterocycles. The molecule has 5 nitrogen and oxygen atoms in total. The summed E-state index contributed by atoms with van der Waals surface area (Å²) in [6, 6.07) is 1.31. The molecule has 0 aromatic rings. The van der Waals surface area contributed by atoms with Gasteiger partial charge in [-0.15, -0.1) is 0 Å². The number of amides is 2. The van der Waals surface area contributed by atoms with Gasteiger partial charge in [0.1, 0.15) is 0 Å². The molecule has 0 aromatic carbocycles. The molecule has 4 aliphatic rings. The van der Waals surface area contributed by atoms with E-state index in [-0.39, 0.29) is 17.7 Å². The van der Waals surface area contributed by atoms with Crippen molar-refractivity contribution < 1.29 is 9.59 Å². The first kappa shape index (κ1) is 16.4. The molecule has 2 amide bonds. The number of carbonyl (C=O) groups excluding carboxylic acids is 2. The highest BCUT2D eigenvalue weighted by Gasteiger charge is 2.44. The van der Waals surface area contributed by atoms with Gasteiger partial charge in [-0.05, 0) is 52.1 Å². The predicted octanol–water partition coefficient (Wildman–Crippen LogP) is 1.86. The van der Waals surface area contributed by atoms with Crippen LogP contribution in [0.15, 0.2) is 0 Å². The molecule has 0 radical (unpaired) electrons. The Balaban J connectivity index is 1.42. The fourth-order valence-corrected chi connectivity index (χ4v) is 5.59. The van der Waals surface area contributed by atoms with E-state index in [9.17, 15) is 9.59 Å². The van der Waals surface area contributed by atoms with E-state index in [1.54, 1.807) is 0 Å². The van der Waals surface area contributed by atoms with Crippen molar-refractivity contribution in [3.63, 3.8) is 0 Å². The Labute approximate surface area is 145 Å². The standard InChI is InChI=1S/C19H31N3O2/c1-20-10-4-8-16(20)17-9-5-11-21(17)19(24)14-12-18(23)22(13-14)15-6-2-3-7-15/h14-17H,2-13H2,1H3/t14-,16+,17-/m0/s1. The van der Waals surface area contributed by atoms with Crippen LogP contribution in [0.4, 0.5) is 0 Å². The quantitative estimate of drug-likeness (QED) is 0.792. The second-order valence-electron chi connectivity index (χ2n) is 8.32. The molecule has 24 heavy (non-hydrogen) atoms. The second kappa shape index (κ2) is 6.66. The second-order valence-corrected chi connectivity index (χ2v) is 8.32. The molecule has 0 unspecified atom stereocenters. The fourth-order valence-electron chi connectivity index (χ4n) is 5.59. The summed E-state index contributed by atoms with van der Waals surface area (Å²) >= 11 is 0. The molecule has 0 bridgehead atoms. The number of rotatable bonds is 3. The molecule has 5 heteroatoms. The van der Waals surface area contributed by atoms with E-state index < -0.39 is 0 Å². The van der Waals surface area contributed by atoms with Crippen molar-refractivity contribution in [1.82, 2.24) is 14.7 Å². The summed E-state index contributed by atoms with van der Waals surface area (Å²) in [5, 5.41) is 0. The largest absolute Gasteiger partial charge is 0.339 e. The van der Waals surface area contributed by atoms with Gasteiger partial charge < -0.3 is 14.7 Å². The van der Waals surface area contributed by atoms with Gasteiger partial charge in [0, 0.05) is 37.6 Å². The van der Waals surface area contributed by atoms with Crippen LogP contribution in [0.2, 0.25) is 0 Å². The Morgan fingerprint density at radius 1 is 0.958 bits per heavy atom. The maximum Gasteiger partial charge on any atom is 0.228 e. The van der Waals surface area contributed by atoms with Gasteiger partial charge in [-0.2, -0.15) is 0 Å². The Hall–Kier alpha value is -1.10. The average Bonchev–Trinajstić information content (AvgIpc) is 3.33. The molecule has 1 saturated carbocycles. The van der Waals surface area contributed by atoms with E-state index in [2.05, 4.69) is 16.8 Å². The van der Waals surface area contributed by atoms with Crippen molar-refractivity contribution in [2.24, 2.45) is 5.92 Å². The van der Waals surface area contributed by atoms with Gasteiger partial charge >= 0.3 is 0 Å². The van der Waals surface area contributed by atoms with Crippen molar-refractivity contribution in [1.29, 1.82) is 0 Å². The molecule has 4 rings (SSSR count). The van der Waals surface area contributed by atoms with Crippen molar-refractivity contribution >= 4 is 11.8 Å². The number of likely N-dealkylation sites (tertiary alicyclic amines) is 3. The van der Waals surface area contributed by atoms with Crippen LogP contribution in [0.5, 0.6) is 0 Å². The predicted molar refractivity (Wildman–Crippen MR) is 92.5 cm³/mol. The van der Waals surface area contributed by atoms with Crippen molar-refractivity contribution in [2.45, 2.75) is 75.9 Å². The van der Waals surface area contributed by atoms with Gasteiger partial charge in [-0.1, -0.05) is 12.8 Å². The lowest BCUT2D eigenvalue weighted by Crippen LogP contribution is -2.49. The smallest absolute Gasteiger partial charge is 0.228 e. The third-order valence-electron chi connectivity index (χ3n) is 6.88. The van der Waals surface area contributed by atoms with Gasteiger partial charge in [0.2, 0.25) is 11.8 Å². The summed E-state index contributed by atoms with van der Waals surface area (Å²) in [5.41, 5.74) is 0. The Bertz CT molecular complexity index is 503. The average molecular weight is 333 g/mol. The summed E-state index contributed by atoms with van der Waals surface area (Å²) in [6.45, 7) is 2.72. The van der Waals surface area contributed by atoms with Crippen LogP contribution in [0.3, 0.4) is 0 Å². The highest BCUT2D eigenvalue weighted by atomic mass is 16.2. The van der Waals surface area contributed by atoms with E-state index in [1.165, 1.54) is 25.7 Å². The van der Waals surface area contributed by atoms with Gasteiger partial charge in [0.05, 0.1) is 5.92 Å². The number of nitrogens with zero attached hydrogens (tertiary/aromatic N) is 3. The summed E-state index contributed by atoms with van der Waals surface area (Å²) in [7, 11) is 2.19. The molecule has 3 aliphatic heterocycles. The lowest BCUT2D eigenvalue weighted by atomic mass is 10.0. The van der Waals surface area contributed by atoms with E-state index >= 15 is 0 Å². The SMILES string of the molecule is CN1CCC[C@@H]1[C@@H]1CCCN1C(=O)[C@H]1CC(=O)N(C2CCCC2)C1. The molecule has 134 valence electrons. The third-order valence-corrected chi connectivity index (χ3v) is 6.88. The van der Waals surface area contributed by atoms with Gasteiger partial charge in [0.25, 0.3) is 0 Å². The molecule has 0 spiro atoms. The zero-order valence-electron chi connectivity index (χ0n) is 15.0. The molecule has 3 saturated heterocycles. The molecular weight excluding hydrogens is 302 g/mol. The molecule has 1 aliphatic carbocycles. The zero-order valence-corrected chi connectivity index (χ0v) is 15.0. The molecule has 0 aromatic heterocycles. The zero-order chi connectivity index (χ0) is 16.7. The summed E-state index contributed by atoms with van der Waals surface area (Å²) < 4.78 is 0. The van der Waals surface area contributed by atoms with Crippen LogP contribution < -0.4 is 0 Å². The van der Waals surface area contributed by atoms with Crippen LogP contribution >= 0.6 is 0 Å². The molecule has 4 fully saturated rings. The minimum absolute atomic E-state index is 0.0922. The number of hydrogen-bond donors (Lipinski definition) is 0. The van der Waals surface area contributed by atoms with Gasteiger partial charge in [0.15, 0.2) is 0 Å². The fraction of sp³-hybridized carbons (Fsp3) is 0.895. The maximum absolute atomic E-state index is 13.2. The normalized spacial score (nSPS) is 35.5. The number of carbonyl (C=O) groups is 2. The first-order chi connectivity index (χ1) is 11.6. The molecule has 3 atom stereocenters. The maximum atomic E-state index is 13.2. The first-order valence-corrected chi connectivity index (χ1v) is 9.95. The van der Waals surface area contributed by atoms with Crippen molar-refractivity contribution in [3.8, 4) is 0 Å². The van der Waals surface area contributed by atoms with Crippen LogP contribution in [-0.4, -0.2) is 71.3 Å². The summed E-state index contributed by atoms with van der Waals surface area (Å²) in [6.07, 6.45) is 9.88. The summed E-state index contributed by atoms with van der Waals surface area (Å²) in [4.78, 5) is 32.2. The Morgan fingerprint density at radius 3 is 2.38 bits per heavy atom. The number of likely N-dealkylation sites (N-methyl/N-ethyl adjacent to an activating group) is 1. The lowest BCUT2D eigenvalue weighted by molar-refractivity contribution is -0.137. The van der Waals surface area contributed by atoms with Crippen molar-refractivity contribution in [3.05, 3.63) is 0 Å². The van der Waals surface area contributed by atoms with Crippen LogP contribution in [0.25, 0.3) is 0 Å². The Kier molecular flexibility index (Phi) is 4.54. The van der Waals surface area contributed by atoms with Gasteiger partial charge in [-0.25, -0.2) is 0 Å². The minimum Gasteiger partial charge on any atom is -0.339 e. The lowest BCUT2D eigenvalue weighted by Gasteiger charge is -2.34. The topological polar surface area (TPSA) is 43.9 Å². The van der Waals surface area contributed by atoms with E-state index in [4.69, 9.17) is 0 Å². The van der Waals surface area contributed by atoms with Gasteiger partial charge in [-0.3, -0.25) is 9.59 Å². The van der Waals surface area contributed by atoms with Crippen molar-refractivity contribution in [2.75, 3.05) is 26.7 Å². The van der Waals surface area contributed by atoms with E-state index in [0.717, 1.165) is 38.8 Å². The Morgan fingerprint density at radius 2 is 1.67 bits per heavy atom. The van der Waals surface area contributed by atoms with Crippen LogP contribution in [-0.2, 0) is 9.59 Å². The summed E-state index contributed by atoms with van der Waals surface area (Å²) in [5.74, 6) is 0.381. The van der Waals surface area contributed by atoms with E-state index in [0.29, 0.717) is 31.1 Å². The molecule has 0 N–H and O–H groups in total.